The number of hydrogen-bond acceptors (Lipinski definition) is 3. The van der Waals surface area contributed by atoms with Crippen molar-refractivity contribution < 1.29 is 9.47 Å². The highest BCUT2D eigenvalue weighted by molar-refractivity contribution is 5.49. The van der Waals surface area contributed by atoms with Gasteiger partial charge in [0, 0.05) is 5.69 Å². The Morgan fingerprint density at radius 3 is 2.43 bits per heavy atom. The van der Waals surface area contributed by atoms with Gasteiger partial charge in [-0.2, -0.15) is 0 Å². The van der Waals surface area contributed by atoms with Crippen LogP contribution >= 0.6 is 0 Å². The third-order valence-electron chi connectivity index (χ3n) is 3.39. The van der Waals surface area contributed by atoms with Gasteiger partial charge in [-0.3, -0.25) is 0 Å². The van der Waals surface area contributed by atoms with Gasteiger partial charge in [0.2, 0.25) is 0 Å². The Kier molecular flexibility index (Phi) is 5.09. The lowest BCUT2D eigenvalue weighted by Gasteiger charge is -2.14. The molecule has 0 heterocycles. The second kappa shape index (κ2) is 7.02. The summed E-state index contributed by atoms with van der Waals surface area (Å²) in [5.74, 6) is 2.20. The molecule has 2 aromatic carbocycles. The maximum atomic E-state index is 5.82. The van der Waals surface area contributed by atoms with E-state index in [4.69, 9.17) is 15.2 Å². The molecule has 0 fully saturated rings. The minimum Gasteiger partial charge on any atom is -0.490 e. The quantitative estimate of drug-likeness (QED) is 0.640. The average molecular weight is 285 g/mol. The molecule has 2 rings (SSSR count). The normalized spacial score (nSPS) is 10.7. The number of hydrogen-bond donors (Lipinski definition) is 1. The fraction of sp³-hybridized carbons (Fsp3) is 0.333. The summed E-state index contributed by atoms with van der Waals surface area (Å²) in [5.41, 5.74) is 8.82. The maximum Gasteiger partial charge on any atom is 0.122 e. The monoisotopic (exact) mass is 285 g/mol. The van der Waals surface area contributed by atoms with Gasteiger partial charge < -0.3 is 15.2 Å². The summed E-state index contributed by atoms with van der Waals surface area (Å²) in [7, 11) is 0. The van der Waals surface area contributed by atoms with E-state index < -0.39 is 0 Å². The van der Waals surface area contributed by atoms with Crippen LogP contribution in [0.1, 0.15) is 30.9 Å². The van der Waals surface area contributed by atoms with Gasteiger partial charge in [-0.05, 0) is 48.2 Å². The van der Waals surface area contributed by atoms with E-state index in [0.29, 0.717) is 19.1 Å². The first-order valence-electron chi connectivity index (χ1n) is 7.28. The first-order valence-corrected chi connectivity index (χ1v) is 7.28. The van der Waals surface area contributed by atoms with Crippen molar-refractivity contribution in [3.8, 4) is 11.5 Å². The highest BCUT2D eigenvalue weighted by Crippen LogP contribution is 2.25. The molecule has 0 atom stereocenters. The molecule has 0 amide bonds. The molecular weight excluding hydrogens is 262 g/mol. The van der Waals surface area contributed by atoms with Gasteiger partial charge in [0.1, 0.15) is 24.7 Å². The van der Waals surface area contributed by atoms with Gasteiger partial charge in [0.05, 0.1) is 0 Å². The smallest absolute Gasteiger partial charge is 0.122 e. The zero-order valence-electron chi connectivity index (χ0n) is 12.9. The topological polar surface area (TPSA) is 44.5 Å². The summed E-state index contributed by atoms with van der Waals surface area (Å²) in [6.07, 6.45) is 0. The molecule has 0 aliphatic carbocycles. The Balaban J connectivity index is 1.86. The van der Waals surface area contributed by atoms with Gasteiger partial charge in [-0.1, -0.05) is 32.0 Å². The number of para-hydroxylation sites is 1. The molecule has 21 heavy (non-hydrogen) atoms. The van der Waals surface area contributed by atoms with Crippen molar-refractivity contribution in [2.24, 2.45) is 0 Å². The van der Waals surface area contributed by atoms with Gasteiger partial charge >= 0.3 is 0 Å². The number of nitrogen functional groups attached to an aromatic ring is 1. The molecule has 0 unspecified atom stereocenters. The van der Waals surface area contributed by atoms with E-state index in [1.54, 1.807) is 0 Å². The molecule has 0 aromatic heterocycles. The third-order valence-corrected chi connectivity index (χ3v) is 3.39. The van der Waals surface area contributed by atoms with E-state index in [0.717, 1.165) is 22.7 Å². The third kappa shape index (κ3) is 4.15. The maximum absolute atomic E-state index is 5.82. The number of rotatable bonds is 6. The Bertz CT molecular complexity index is 594. The second-order valence-electron chi connectivity index (χ2n) is 5.41. The molecule has 2 N–H and O–H groups in total. The number of anilines is 1. The highest BCUT2D eigenvalue weighted by atomic mass is 16.5. The van der Waals surface area contributed by atoms with Crippen LogP contribution in [0.3, 0.4) is 0 Å². The summed E-state index contributed by atoms with van der Waals surface area (Å²) < 4.78 is 11.5. The van der Waals surface area contributed by atoms with Crippen LogP contribution in [-0.4, -0.2) is 13.2 Å². The fourth-order valence-electron chi connectivity index (χ4n) is 2.14. The molecule has 0 saturated carbocycles. The van der Waals surface area contributed by atoms with E-state index in [1.807, 2.05) is 43.3 Å². The number of aryl methyl sites for hydroxylation is 1. The van der Waals surface area contributed by atoms with E-state index in [1.165, 1.54) is 5.56 Å². The predicted molar refractivity (Wildman–Crippen MR) is 87.1 cm³/mol. The summed E-state index contributed by atoms with van der Waals surface area (Å²) in [6.45, 7) is 7.33. The minimum absolute atomic E-state index is 0.446. The van der Waals surface area contributed by atoms with Crippen molar-refractivity contribution in [1.29, 1.82) is 0 Å². The lowest BCUT2D eigenvalue weighted by molar-refractivity contribution is 0.215. The standard InChI is InChI=1S/C18H23NO2/c1-13(2)16-6-4-5-7-18(16)21-11-10-20-15-8-9-17(19)14(3)12-15/h4-9,12-13H,10-11,19H2,1-3H3. The Morgan fingerprint density at radius 1 is 1.00 bits per heavy atom. The van der Waals surface area contributed by atoms with E-state index in [-0.39, 0.29) is 0 Å². The van der Waals surface area contributed by atoms with Crippen LogP contribution in [0.25, 0.3) is 0 Å². The minimum atomic E-state index is 0.446. The lowest BCUT2D eigenvalue weighted by Crippen LogP contribution is -2.10. The molecule has 0 aliphatic heterocycles. The summed E-state index contributed by atoms with van der Waals surface area (Å²) in [4.78, 5) is 0. The molecule has 3 nitrogen and oxygen atoms in total. The summed E-state index contributed by atoms with van der Waals surface area (Å²) >= 11 is 0. The molecule has 3 heteroatoms. The average Bonchev–Trinajstić information content (AvgIpc) is 2.47. The Labute approximate surface area is 126 Å². The first-order chi connectivity index (χ1) is 10.1. The van der Waals surface area contributed by atoms with Crippen molar-refractivity contribution in [2.75, 3.05) is 18.9 Å². The zero-order chi connectivity index (χ0) is 15.2. The van der Waals surface area contributed by atoms with Crippen LogP contribution in [0.5, 0.6) is 11.5 Å². The van der Waals surface area contributed by atoms with Crippen LogP contribution in [0.4, 0.5) is 5.69 Å². The molecule has 0 bridgehead atoms. The van der Waals surface area contributed by atoms with Crippen LogP contribution in [0.15, 0.2) is 42.5 Å². The highest BCUT2D eigenvalue weighted by Gasteiger charge is 2.06. The number of ether oxygens (including phenoxy) is 2. The molecule has 0 saturated heterocycles. The second-order valence-corrected chi connectivity index (χ2v) is 5.41. The van der Waals surface area contributed by atoms with Crippen molar-refractivity contribution in [1.82, 2.24) is 0 Å². The lowest BCUT2D eigenvalue weighted by atomic mass is 10.0. The predicted octanol–water partition coefficient (Wildman–Crippen LogP) is 4.16. The zero-order valence-corrected chi connectivity index (χ0v) is 12.9. The van der Waals surface area contributed by atoms with Crippen LogP contribution < -0.4 is 15.2 Å². The van der Waals surface area contributed by atoms with E-state index in [9.17, 15) is 0 Å². The largest absolute Gasteiger partial charge is 0.490 e. The molecule has 112 valence electrons. The summed E-state index contributed by atoms with van der Waals surface area (Å²) in [6, 6.07) is 13.8. The van der Waals surface area contributed by atoms with Crippen molar-refractivity contribution in [2.45, 2.75) is 26.7 Å². The van der Waals surface area contributed by atoms with Crippen LogP contribution in [0.2, 0.25) is 0 Å². The number of benzene rings is 2. The van der Waals surface area contributed by atoms with Crippen molar-refractivity contribution in [3.05, 3.63) is 53.6 Å². The van der Waals surface area contributed by atoms with Gasteiger partial charge in [-0.25, -0.2) is 0 Å². The first kappa shape index (κ1) is 15.2. The fourth-order valence-corrected chi connectivity index (χ4v) is 2.14. The molecule has 2 aromatic rings. The molecule has 0 radical (unpaired) electrons. The Hall–Kier alpha value is -2.16. The van der Waals surface area contributed by atoms with Crippen molar-refractivity contribution >= 4 is 5.69 Å². The van der Waals surface area contributed by atoms with E-state index in [2.05, 4.69) is 19.9 Å². The molecule has 0 spiro atoms. The van der Waals surface area contributed by atoms with E-state index >= 15 is 0 Å². The van der Waals surface area contributed by atoms with Crippen LogP contribution in [-0.2, 0) is 0 Å². The van der Waals surface area contributed by atoms with Crippen LogP contribution in [0, 0.1) is 6.92 Å². The summed E-state index contributed by atoms with van der Waals surface area (Å²) in [5, 5.41) is 0. The molecular formula is C18H23NO2. The van der Waals surface area contributed by atoms with Crippen molar-refractivity contribution in [3.63, 3.8) is 0 Å². The molecule has 0 aliphatic rings. The van der Waals surface area contributed by atoms with Gasteiger partial charge in [-0.15, -0.1) is 0 Å². The SMILES string of the molecule is Cc1cc(OCCOc2ccccc2C(C)C)ccc1N. The van der Waals surface area contributed by atoms with Gasteiger partial charge in [0.25, 0.3) is 0 Å². The van der Waals surface area contributed by atoms with Gasteiger partial charge in [0.15, 0.2) is 0 Å². The Morgan fingerprint density at radius 2 is 1.71 bits per heavy atom. The number of nitrogens with two attached hydrogens (primary N) is 1.